The number of carbonyl (C=O) groups excluding carboxylic acids is 1. The van der Waals surface area contributed by atoms with Crippen molar-refractivity contribution in [3.8, 4) is 5.75 Å². The molecule has 0 fully saturated rings. The number of hydrogen-bond donors (Lipinski definition) is 1. The second kappa shape index (κ2) is 7.71. The van der Waals surface area contributed by atoms with E-state index in [1.54, 1.807) is 11.9 Å². The van der Waals surface area contributed by atoms with Gasteiger partial charge in [0.1, 0.15) is 5.75 Å². The average Bonchev–Trinajstić information content (AvgIpc) is 2.42. The lowest BCUT2D eigenvalue weighted by Gasteiger charge is -2.17. The summed E-state index contributed by atoms with van der Waals surface area (Å²) < 4.78 is 5.52. The lowest BCUT2D eigenvalue weighted by Crippen LogP contribution is -2.32. The van der Waals surface area contributed by atoms with Crippen LogP contribution in [0.2, 0.25) is 0 Å². The Labute approximate surface area is 109 Å². The molecule has 0 aliphatic rings. The molecule has 4 nitrogen and oxygen atoms in total. The zero-order chi connectivity index (χ0) is 13.4. The second-order valence-electron chi connectivity index (χ2n) is 4.27. The molecule has 0 saturated heterocycles. The molecular formula is C14H22N2O2. The second-order valence-corrected chi connectivity index (χ2v) is 4.27. The predicted molar refractivity (Wildman–Crippen MR) is 72.4 cm³/mol. The number of nitrogens with zero attached hydrogens (tertiary/aromatic N) is 1. The van der Waals surface area contributed by atoms with Crippen LogP contribution in [0.1, 0.15) is 25.3 Å². The molecule has 0 atom stereocenters. The monoisotopic (exact) mass is 250 g/mol. The van der Waals surface area contributed by atoms with E-state index in [2.05, 4.69) is 6.92 Å². The Balaban J connectivity index is 2.46. The van der Waals surface area contributed by atoms with Crippen molar-refractivity contribution in [2.24, 2.45) is 5.73 Å². The maximum Gasteiger partial charge on any atom is 0.260 e. The van der Waals surface area contributed by atoms with Gasteiger partial charge in [-0.2, -0.15) is 0 Å². The van der Waals surface area contributed by atoms with Crippen LogP contribution < -0.4 is 10.5 Å². The summed E-state index contributed by atoms with van der Waals surface area (Å²) in [7, 11) is 1.80. The summed E-state index contributed by atoms with van der Waals surface area (Å²) in [5.41, 5.74) is 6.53. The van der Waals surface area contributed by atoms with Gasteiger partial charge in [-0.25, -0.2) is 0 Å². The van der Waals surface area contributed by atoms with Gasteiger partial charge in [0.2, 0.25) is 0 Å². The van der Waals surface area contributed by atoms with Crippen LogP contribution in [0.25, 0.3) is 0 Å². The molecule has 0 aromatic heterocycles. The van der Waals surface area contributed by atoms with Crippen LogP contribution in [0.15, 0.2) is 24.3 Å². The Morgan fingerprint density at radius 2 is 2.11 bits per heavy atom. The summed E-state index contributed by atoms with van der Waals surface area (Å²) >= 11 is 0. The Bertz CT molecular complexity index is 380. The van der Waals surface area contributed by atoms with Crippen molar-refractivity contribution in [3.05, 3.63) is 29.8 Å². The van der Waals surface area contributed by atoms with E-state index < -0.39 is 0 Å². The first-order chi connectivity index (χ1) is 8.69. The van der Waals surface area contributed by atoms with Gasteiger partial charge in [0.15, 0.2) is 6.61 Å². The quantitative estimate of drug-likeness (QED) is 0.802. The number of carbonyl (C=O) groups is 1. The largest absolute Gasteiger partial charge is 0.483 e. The van der Waals surface area contributed by atoms with Crippen LogP contribution >= 0.6 is 0 Å². The number of nitrogens with two attached hydrogens (primary N) is 1. The number of para-hydroxylation sites is 1. The Hall–Kier alpha value is -1.55. The molecule has 2 N–H and O–H groups in total. The Morgan fingerprint density at radius 1 is 1.39 bits per heavy atom. The van der Waals surface area contributed by atoms with Crippen LogP contribution in [0.4, 0.5) is 0 Å². The van der Waals surface area contributed by atoms with Gasteiger partial charge < -0.3 is 15.4 Å². The molecule has 0 aliphatic carbocycles. The number of unbranched alkanes of at least 4 members (excludes halogenated alkanes) is 1. The maximum absolute atomic E-state index is 11.8. The number of likely N-dealkylation sites (N-methyl/N-ethyl adjacent to an activating group) is 1. The van der Waals surface area contributed by atoms with E-state index in [0.29, 0.717) is 12.3 Å². The molecule has 0 saturated carbocycles. The van der Waals surface area contributed by atoms with E-state index in [4.69, 9.17) is 10.5 Å². The molecule has 0 unspecified atom stereocenters. The number of amides is 1. The zero-order valence-corrected chi connectivity index (χ0v) is 11.2. The lowest BCUT2D eigenvalue weighted by molar-refractivity contribution is -0.132. The van der Waals surface area contributed by atoms with E-state index >= 15 is 0 Å². The molecule has 18 heavy (non-hydrogen) atoms. The summed E-state index contributed by atoms with van der Waals surface area (Å²) in [5.74, 6) is 0.688. The number of hydrogen-bond acceptors (Lipinski definition) is 3. The Kier molecular flexibility index (Phi) is 6.22. The summed E-state index contributed by atoms with van der Waals surface area (Å²) in [6.07, 6.45) is 2.09. The standard InChI is InChI=1S/C14H22N2O2/c1-3-4-9-16(2)14(17)11-18-13-8-6-5-7-12(13)10-15/h5-8H,3-4,9-11,15H2,1-2H3. The van der Waals surface area contributed by atoms with Gasteiger partial charge in [-0.1, -0.05) is 31.5 Å². The van der Waals surface area contributed by atoms with Crippen LogP contribution in [0.3, 0.4) is 0 Å². The van der Waals surface area contributed by atoms with E-state index in [-0.39, 0.29) is 12.5 Å². The maximum atomic E-state index is 11.8. The van der Waals surface area contributed by atoms with Crippen molar-refractivity contribution < 1.29 is 9.53 Å². The van der Waals surface area contributed by atoms with Crippen LogP contribution in [0.5, 0.6) is 5.75 Å². The van der Waals surface area contributed by atoms with Gasteiger partial charge in [-0.05, 0) is 12.5 Å². The smallest absolute Gasteiger partial charge is 0.260 e. The minimum Gasteiger partial charge on any atom is -0.483 e. The molecule has 0 heterocycles. The molecule has 0 spiro atoms. The van der Waals surface area contributed by atoms with Gasteiger partial charge in [0.25, 0.3) is 5.91 Å². The van der Waals surface area contributed by atoms with E-state index in [0.717, 1.165) is 24.9 Å². The molecule has 0 aliphatic heterocycles. The van der Waals surface area contributed by atoms with Gasteiger partial charge in [-0.3, -0.25) is 4.79 Å². The van der Waals surface area contributed by atoms with Crippen LogP contribution in [0, 0.1) is 0 Å². The normalized spacial score (nSPS) is 10.2. The molecular weight excluding hydrogens is 228 g/mol. The SMILES string of the molecule is CCCCN(C)C(=O)COc1ccccc1CN. The van der Waals surface area contributed by atoms with Gasteiger partial charge >= 0.3 is 0 Å². The van der Waals surface area contributed by atoms with Crippen molar-refractivity contribution in [3.63, 3.8) is 0 Å². The molecule has 1 rings (SSSR count). The summed E-state index contributed by atoms with van der Waals surface area (Å²) in [6.45, 7) is 3.36. The third-order valence-electron chi connectivity index (χ3n) is 2.82. The van der Waals surface area contributed by atoms with Crippen LogP contribution in [-0.2, 0) is 11.3 Å². The van der Waals surface area contributed by atoms with Crippen molar-refractivity contribution in [1.29, 1.82) is 0 Å². The van der Waals surface area contributed by atoms with E-state index in [1.807, 2.05) is 24.3 Å². The highest BCUT2D eigenvalue weighted by Crippen LogP contribution is 2.16. The van der Waals surface area contributed by atoms with Crippen molar-refractivity contribution in [2.75, 3.05) is 20.2 Å². The third kappa shape index (κ3) is 4.37. The van der Waals surface area contributed by atoms with Gasteiger partial charge in [-0.15, -0.1) is 0 Å². The van der Waals surface area contributed by atoms with Gasteiger partial charge in [0.05, 0.1) is 0 Å². The van der Waals surface area contributed by atoms with Crippen molar-refractivity contribution >= 4 is 5.91 Å². The fourth-order valence-corrected chi connectivity index (χ4v) is 1.58. The minimum absolute atomic E-state index is 0.00438. The summed E-state index contributed by atoms with van der Waals surface area (Å²) in [5, 5.41) is 0. The minimum atomic E-state index is -0.00438. The molecule has 100 valence electrons. The first-order valence-electron chi connectivity index (χ1n) is 6.33. The highest BCUT2D eigenvalue weighted by molar-refractivity contribution is 5.77. The average molecular weight is 250 g/mol. The molecule has 0 radical (unpaired) electrons. The number of ether oxygens (including phenoxy) is 1. The molecule has 4 heteroatoms. The molecule has 1 aromatic rings. The first kappa shape index (κ1) is 14.5. The summed E-state index contributed by atoms with van der Waals surface area (Å²) in [6, 6.07) is 7.52. The van der Waals surface area contributed by atoms with Gasteiger partial charge in [0, 0.05) is 25.7 Å². The zero-order valence-electron chi connectivity index (χ0n) is 11.2. The highest BCUT2D eigenvalue weighted by atomic mass is 16.5. The highest BCUT2D eigenvalue weighted by Gasteiger charge is 2.10. The lowest BCUT2D eigenvalue weighted by atomic mass is 10.2. The number of benzene rings is 1. The van der Waals surface area contributed by atoms with Crippen LogP contribution in [-0.4, -0.2) is 31.0 Å². The van der Waals surface area contributed by atoms with Crippen molar-refractivity contribution in [1.82, 2.24) is 4.90 Å². The summed E-state index contributed by atoms with van der Waals surface area (Å²) in [4.78, 5) is 13.5. The van der Waals surface area contributed by atoms with Crippen molar-refractivity contribution in [2.45, 2.75) is 26.3 Å². The fourth-order valence-electron chi connectivity index (χ4n) is 1.58. The molecule has 1 aromatic carbocycles. The molecule has 1 amide bonds. The van der Waals surface area contributed by atoms with E-state index in [9.17, 15) is 4.79 Å². The topological polar surface area (TPSA) is 55.6 Å². The number of rotatable bonds is 7. The third-order valence-corrected chi connectivity index (χ3v) is 2.82. The first-order valence-corrected chi connectivity index (χ1v) is 6.33. The predicted octanol–water partition coefficient (Wildman–Crippen LogP) is 1.78. The fraction of sp³-hybridized carbons (Fsp3) is 0.500. The Morgan fingerprint density at radius 3 is 2.78 bits per heavy atom. The van der Waals surface area contributed by atoms with E-state index in [1.165, 1.54) is 0 Å². The molecule has 0 bridgehead atoms.